The molecule has 0 atom stereocenters. The van der Waals surface area contributed by atoms with Gasteiger partial charge in [0, 0.05) is 12.1 Å². The predicted molar refractivity (Wildman–Crippen MR) is 76.9 cm³/mol. The van der Waals surface area contributed by atoms with E-state index in [4.69, 9.17) is 5.73 Å². The Hall–Kier alpha value is -1.05. The molecule has 0 bridgehead atoms. The Labute approximate surface area is 118 Å². The number of hydrogen-bond acceptors (Lipinski definition) is 3. The third-order valence-corrected chi connectivity index (χ3v) is 4.21. The summed E-state index contributed by atoms with van der Waals surface area (Å²) in [5.74, 6) is -0.239. The minimum absolute atomic E-state index is 0.0412. The number of hydrogen-bond donors (Lipinski definition) is 2. The Morgan fingerprint density at radius 1 is 1.47 bits per heavy atom. The fourth-order valence-electron chi connectivity index (χ4n) is 1.43. The van der Waals surface area contributed by atoms with E-state index in [0.717, 1.165) is 18.6 Å². The molecule has 7 heteroatoms. The van der Waals surface area contributed by atoms with E-state index in [1.54, 1.807) is 0 Å². The lowest BCUT2D eigenvalue weighted by Crippen LogP contribution is -2.26. The smallest absolute Gasteiger partial charge is 0.240 e. The summed E-state index contributed by atoms with van der Waals surface area (Å²) in [6.45, 7) is 4.33. The van der Waals surface area contributed by atoms with Gasteiger partial charge in [0.15, 0.2) is 0 Å². The quantitative estimate of drug-likeness (QED) is 0.786. The Balaban J connectivity index is 2.96. The molecule has 1 aromatic rings. The van der Waals surface area contributed by atoms with Crippen LogP contribution in [-0.4, -0.2) is 20.0 Å². The van der Waals surface area contributed by atoms with Crippen molar-refractivity contribution in [2.45, 2.75) is 25.2 Å². The number of nitrogens with two attached hydrogens (primary N) is 1. The normalized spacial score (nSPS) is 11.8. The fraction of sp³-hybridized carbons (Fsp3) is 0.417. The van der Waals surface area contributed by atoms with Crippen molar-refractivity contribution < 1.29 is 12.8 Å². The average molecular weight is 304 g/mol. The van der Waals surface area contributed by atoms with Crippen LogP contribution >= 0.6 is 12.2 Å². The van der Waals surface area contributed by atoms with E-state index in [-0.39, 0.29) is 15.4 Å². The fourth-order valence-corrected chi connectivity index (χ4v) is 2.66. The molecule has 0 spiro atoms. The van der Waals surface area contributed by atoms with Crippen LogP contribution in [0, 0.1) is 11.7 Å². The van der Waals surface area contributed by atoms with Crippen molar-refractivity contribution in [2.75, 3.05) is 6.54 Å². The zero-order chi connectivity index (χ0) is 14.6. The Morgan fingerprint density at radius 2 is 2.11 bits per heavy atom. The highest BCUT2D eigenvalue weighted by atomic mass is 32.2. The van der Waals surface area contributed by atoms with E-state index in [2.05, 4.69) is 16.9 Å². The zero-order valence-corrected chi connectivity index (χ0v) is 12.4. The summed E-state index contributed by atoms with van der Waals surface area (Å²) in [6.07, 6.45) is 0.725. The van der Waals surface area contributed by atoms with E-state index in [1.807, 2.05) is 13.8 Å². The predicted octanol–water partition coefficient (Wildman–Crippen LogP) is 1.78. The maximum atomic E-state index is 13.4. The van der Waals surface area contributed by atoms with Crippen LogP contribution < -0.4 is 10.5 Å². The van der Waals surface area contributed by atoms with Crippen molar-refractivity contribution in [3.05, 3.63) is 29.6 Å². The SMILES string of the molecule is CC(C)CCNS(=O)(=O)c1ccc(F)c(C(N)=S)c1. The second kappa shape index (κ2) is 6.40. The van der Waals surface area contributed by atoms with E-state index in [9.17, 15) is 12.8 Å². The van der Waals surface area contributed by atoms with Crippen LogP contribution in [-0.2, 0) is 10.0 Å². The first-order chi connectivity index (χ1) is 8.74. The molecule has 19 heavy (non-hydrogen) atoms. The van der Waals surface area contributed by atoms with Crippen molar-refractivity contribution in [3.63, 3.8) is 0 Å². The minimum Gasteiger partial charge on any atom is -0.389 e. The van der Waals surface area contributed by atoms with Crippen LogP contribution in [0.15, 0.2) is 23.1 Å². The highest BCUT2D eigenvalue weighted by molar-refractivity contribution is 7.89. The maximum absolute atomic E-state index is 13.4. The van der Waals surface area contributed by atoms with Gasteiger partial charge in [0.1, 0.15) is 10.8 Å². The lowest BCUT2D eigenvalue weighted by Gasteiger charge is -2.09. The molecule has 4 nitrogen and oxygen atoms in total. The summed E-state index contributed by atoms with van der Waals surface area (Å²) >= 11 is 4.68. The number of thiocarbonyl (C=S) groups is 1. The van der Waals surface area contributed by atoms with Gasteiger partial charge in [-0.25, -0.2) is 17.5 Å². The second-order valence-electron chi connectivity index (χ2n) is 4.59. The number of rotatable bonds is 6. The number of halogens is 1. The summed E-state index contributed by atoms with van der Waals surface area (Å²) in [5.41, 5.74) is 5.27. The van der Waals surface area contributed by atoms with Crippen molar-refractivity contribution >= 4 is 27.2 Å². The standard InChI is InChI=1S/C12H17FN2O2S2/c1-8(2)5-6-15-19(16,17)9-3-4-11(13)10(7-9)12(14)18/h3-4,7-8,15H,5-6H2,1-2H3,(H2,14,18). The van der Waals surface area contributed by atoms with Crippen LogP contribution in [0.2, 0.25) is 0 Å². The first kappa shape index (κ1) is 16.0. The molecular formula is C12H17FN2O2S2. The Kier molecular flexibility index (Phi) is 5.39. The molecular weight excluding hydrogens is 287 g/mol. The topological polar surface area (TPSA) is 72.2 Å². The largest absolute Gasteiger partial charge is 0.389 e. The highest BCUT2D eigenvalue weighted by Gasteiger charge is 2.16. The molecule has 0 aromatic heterocycles. The second-order valence-corrected chi connectivity index (χ2v) is 6.79. The molecule has 0 fully saturated rings. The van der Waals surface area contributed by atoms with Gasteiger partial charge in [-0.05, 0) is 30.5 Å². The number of sulfonamides is 1. The zero-order valence-electron chi connectivity index (χ0n) is 10.8. The average Bonchev–Trinajstić information content (AvgIpc) is 2.27. The molecule has 0 aliphatic rings. The molecule has 0 heterocycles. The molecule has 106 valence electrons. The molecule has 3 N–H and O–H groups in total. The van der Waals surface area contributed by atoms with Crippen LogP contribution in [0.25, 0.3) is 0 Å². The maximum Gasteiger partial charge on any atom is 0.240 e. The Bertz CT molecular complexity index is 571. The number of nitrogens with one attached hydrogen (secondary N) is 1. The van der Waals surface area contributed by atoms with Crippen LogP contribution in [0.4, 0.5) is 4.39 Å². The number of benzene rings is 1. The monoisotopic (exact) mass is 304 g/mol. The van der Waals surface area contributed by atoms with Gasteiger partial charge in [-0.2, -0.15) is 0 Å². The summed E-state index contributed by atoms with van der Waals surface area (Å²) in [5, 5.41) is 0. The van der Waals surface area contributed by atoms with Crippen molar-refractivity contribution in [2.24, 2.45) is 11.7 Å². The molecule has 1 aromatic carbocycles. The molecule has 0 aliphatic heterocycles. The van der Waals surface area contributed by atoms with Crippen LogP contribution in [0.1, 0.15) is 25.8 Å². The van der Waals surface area contributed by atoms with Gasteiger partial charge in [-0.15, -0.1) is 0 Å². The summed E-state index contributed by atoms with van der Waals surface area (Å²) in [4.78, 5) is -0.211. The first-order valence-electron chi connectivity index (χ1n) is 5.83. The molecule has 0 amide bonds. The summed E-state index contributed by atoms with van der Waals surface area (Å²) in [7, 11) is -3.66. The Morgan fingerprint density at radius 3 is 2.63 bits per heavy atom. The lowest BCUT2D eigenvalue weighted by molar-refractivity contribution is 0.551. The van der Waals surface area contributed by atoms with E-state index < -0.39 is 15.8 Å². The summed E-state index contributed by atoms with van der Waals surface area (Å²) < 4.78 is 39.8. The highest BCUT2D eigenvalue weighted by Crippen LogP contribution is 2.15. The van der Waals surface area contributed by atoms with Gasteiger partial charge in [0.2, 0.25) is 10.0 Å². The first-order valence-corrected chi connectivity index (χ1v) is 7.72. The summed E-state index contributed by atoms with van der Waals surface area (Å²) in [6, 6.07) is 3.38. The molecule has 0 aliphatic carbocycles. The van der Waals surface area contributed by atoms with Gasteiger partial charge >= 0.3 is 0 Å². The third kappa shape index (κ3) is 4.52. The van der Waals surface area contributed by atoms with E-state index in [1.165, 1.54) is 6.07 Å². The van der Waals surface area contributed by atoms with Gasteiger partial charge in [-0.3, -0.25) is 0 Å². The van der Waals surface area contributed by atoms with Crippen LogP contribution in [0.5, 0.6) is 0 Å². The van der Waals surface area contributed by atoms with E-state index in [0.29, 0.717) is 12.5 Å². The molecule has 0 unspecified atom stereocenters. The lowest BCUT2D eigenvalue weighted by atomic mass is 10.1. The van der Waals surface area contributed by atoms with E-state index >= 15 is 0 Å². The minimum atomic E-state index is -3.66. The molecule has 0 saturated heterocycles. The van der Waals surface area contributed by atoms with Gasteiger partial charge in [0.05, 0.1) is 4.90 Å². The van der Waals surface area contributed by atoms with Crippen molar-refractivity contribution in [1.82, 2.24) is 4.72 Å². The van der Waals surface area contributed by atoms with Gasteiger partial charge < -0.3 is 5.73 Å². The van der Waals surface area contributed by atoms with Crippen molar-refractivity contribution in [3.8, 4) is 0 Å². The third-order valence-electron chi connectivity index (χ3n) is 2.53. The molecule has 0 saturated carbocycles. The van der Waals surface area contributed by atoms with Gasteiger partial charge in [0.25, 0.3) is 0 Å². The van der Waals surface area contributed by atoms with Crippen molar-refractivity contribution in [1.29, 1.82) is 0 Å². The molecule has 1 rings (SSSR count). The van der Waals surface area contributed by atoms with Gasteiger partial charge in [-0.1, -0.05) is 26.1 Å². The van der Waals surface area contributed by atoms with Crippen LogP contribution in [0.3, 0.4) is 0 Å². The molecule has 0 radical (unpaired) electrons.